The quantitative estimate of drug-likeness (QED) is 0.702. The molecule has 0 radical (unpaired) electrons. The van der Waals surface area contributed by atoms with Crippen LogP contribution >= 0.6 is 0 Å². The minimum absolute atomic E-state index is 0.0308. The Kier molecular flexibility index (Phi) is 3.95. The van der Waals surface area contributed by atoms with Crippen molar-refractivity contribution >= 4 is 0 Å². The highest BCUT2D eigenvalue weighted by Gasteiger charge is 2.27. The first-order chi connectivity index (χ1) is 5.75. The Labute approximate surface area is 73.3 Å². The molecule has 1 heterocycles. The van der Waals surface area contributed by atoms with E-state index >= 15 is 0 Å². The van der Waals surface area contributed by atoms with E-state index in [0.29, 0.717) is 13.2 Å². The minimum atomic E-state index is -0.782. The van der Waals surface area contributed by atoms with Crippen molar-refractivity contribution in [3.8, 4) is 0 Å². The van der Waals surface area contributed by atoms with Gasteiger partial charge in [0.25, 0.3) is 0 Å². The van der Waals surface area contributed by atoms with Crippen molar-refractivity contribution in [2.45, 2.75) is 25.9 Å². The summed E-state index contributed by atoms with van der Waals surface area (Å²) in [6.07, 6.45) is 1.16. The summed E-state index contributed by atoms with van der Waals surface area (Å²) in [6.45, 7) is 3.66. The minimum Gasteiger partial charge on any atom is -0.381 e. The molecule has 0 aromatic rings. The summed E-state index contributed by atoms with van der Waals surface area (Å²) in [7, 11) is 0. The lowest BCUT2D eigenvalue weighted by molar-refractivity contribution is 0.00673. The topological polar surface area (TPSA) is 35.2 Å². The van der Waals surface area contributed by atoms with Gasteiger partial charge < -0.3 is 10.5 Å². The zero-order valence-electron chi connectivity index (χ0n) is 7.63. The molecule has 3 unspecified atom stereocenters. The standard InChI is InChI=1S/C9H18FNO/c1-7(5-11)9(10)8-3-2-4-12-6-8/h7-9H,2-6,11H2,1H3. The molecule has 1 saturated heterocycles. The summed E-state index contributed by atoms with van der Waals surface area (Å²) in [5, 5.41) is 0. The maximum atomic E-state index is 13.5. The van der Waals surface area contributed by atoms with Crippen molar-refractivity contribution in [2.75, 3.05) is 19.8 Å². The molecule has 12 heavy (non-hydrogen) atoms. The fourth-order valence-corrected chi connectivity index (χ4v) is 1.61. The highest BCUT2D eigenvalue weighted by Crippen LogP contribution is 2.24. The van der Waals surface area contributed by atoms with Gasteiger partial charge in [-0.3, -0.25) is 0 Å². The van der Waals surface area contributed by atoms with Gasteiger partial charge in [0.1, 0.15) is 6.17 Å². The summed E-state index contributed by atoms with van der Waals surface area (Å²) in [5.41, 5.74) is 5.40. The number of rotatable bonds is 3. The molecule has 1 rings (SSSR count). The zero-order valence-corrected chi connectivity index (χ0v) is 7.63. The molecule has 0 spiro atoms. The first-order valence-electron chi connectivity index (χ1n) is 4.67. The van der Waals surface area contributed by atoms with Crippen LogP contribution in [0.3, 0.4) is 0 Å². The third-order valence-corrected chi connectivity index (χ3v) is 2.56. The third kappa shape index (κ3) is 2.42. The molecule has 3 atom stereocenters. The summed E-state index contributed by atoms with van der Waals surface area (Å²) in [4.78, 5) is 0. The van der Waals surface area contributed by atoms with Crippen LogP contribution in [0.25, 0.3) is 0 Å². The second-order valence-corrected chi connectivity index (χ2v) is 3.63. The maximum Gasteiger partial charge on any atom is 0.109 e. The molecule has 0 saturated carbocycles. The van der Waals surface area contributed by atoms with Gasteiger partial charge in [-0.1, -0.05) is 6.92 Å². The van der Waals surface area contributed by atoms with Gasteiger partial charge in [0.2, 0.25) is 0 Å². The Morgan fingerprint density at radius 3 is 2.92 bits per heavy atom. The van der Waals surface area contributed by atoms with E-state index in [1.165, 1.54) is 0 Å². The van der Waals surface area contributed by atoms with Crippen molar-refractivity contribution in [3.05, 3.63) is 0 Å². The van der Waals surface area contributed by atoms with E-state index in [4.69, 9.17) is 10.5 Å². The van der Waals surface area contributed by atoms with E-state index in [-0.39, 0.29) is 11.8 Å². The Balaban J connectivity index is 2.33. The smallest absolute Gasteiger partial charge is 0.109 e. The highest BCUT2D eigenvalue weighted by molar-refractivity contribution is 4.76. The van der Waals surface area contributed by atoms with Crippen molar-refractivity contribution in [2.24, 2.45) is 17.6 Å². The summed E-state index contributed by atoms with van der Waals surface area (Å²) < 4.78 is 18.7. The van der Waals surface area contributed by atoms with E-state index in [0.717, 1.165) is 19.4 Å². The molecule has 0 amide bonds. The number of alkyl halides is 1. The second-order valence-electron chi connectivity index (χ2n) is 3.63. The molecular formula is C9H18FNO. The second kappa shape index (κ2) is 4.77. The van der Waals surface area contributed by atoms with Gasteiger partial charge in [0, 0.05) is 12.5 Å². The molecule has 1 aliphatic rings. The Hall–Kier alpha value is -0.150. The lowest BCUT2D eigenvalue weighted by Crippen LogP contribution is -2.33. The van der Waals surface area contributed by atoms with Crippen molar-refractivity contribution in [1.29, 1.82) is 0 Å². The molecule has 0 aromatic carbocycles. The molecule has 1 fully saturated rings. The molecule has 0 aliphatic carbocycles. The molecule has 1 aliphatic heterocycles. The van der Waals surface area contributed by atoms with Gasteiger partial charge in [-0.25, -0.2) is 4.39 Å². The zero-order chi connectivity index (χ0) is 8.97. The number of hydrogen-bond acceptors (Lipinski definition) is 2. The highest BCUT2D eigenvalue weighted by atomic mass is 19.1. The molecule has 0 bridgehead atoms. The first-order valence-corrected chi connectivity index (χ1v) is 4.67. The molecule has 3 heteroatoms. The van der Waals surface area contributed by atoms with Gasteiger partial charge in [0.05, 0.1) is 6.61 Å². The predicted molar refractivity (Wildman–Crippen MR) is 46.7 cm³/mol. The Morgan fingerprint density at radius 2 is 2.42 bits per heavy atom. The number of nitrogens with two attached hydrogens (primary N) is 1. The van der Waals surface area contributed by atoms with Gasteiger partial charge in [-0.05, 0) is 25.3 Å². The summed E-state index contributed by atoms with van der Waals surface area (Å²) in [6, 6.07) is 0. The van der Waals surface area contributed by atoms with Crippen LogP contribution in [-0.4, -0.2) is 25.9 Å². The fourth-order valence-electron chi connectivity index (χ4n) is 1.61. The van der Waals surface area contributed by atoms with E-state index < -0.39 is 6.17 Å². The average Bonchev–Trinajstić information content (AvgIpc) is 2.17. The lowest BCUT2D eigenvalue weighted by Gasteiger charge is -2.28. The fraction of sp³-hybridized carbons (Fsp3) is 1.00. The SMILES string of the molecule is CC(CN)C(F)C1CCCOC1. The van der Waals surface area contributed by atoms with Crippen LogP contribution in [0.4, 0.5) is 4.39 Å². The van der Waals surface area contributed by atoms with Crippen LogP contribution in [0.1, 0.15) is 19.8 Å². The number of halogens is 1. The third-order valence-electron chi connectivity index (χ3n) is 2.56. The van der Waals surface area contributed by atoms with Crippen LogP contribution in [0.5, 0.6) is 0 Å². The lowest BCUT2D eigenvalue weighted by atomic mass is 9.89. The average molecular weight is 175 g/mol. The van der Waals surface area contributed by atoms with E-state index in [9.17, 15) is 4.39 Å². The van der Waals surface area contributed by atoms with E-state index in [2.05, 4.69) is 0 Å². The van der Waals surface area contributed by atoms with Crippen molar-refractivity contribution in [3.63, 3.8) is 0 Å². The first kappa shape index (κ1) is 9.93. The van der Waals surface area contributed by atoms with Crippen LogP contribution in [-0.2, 0) is 4.74 Å². The molecule has 0 aromatic heterocycles. The van der Waals surface area contributed by atoms with Crippen LogP contribution in [0, 0.1) is 11.8 Å². The van der Waals surface area contributed by atoms with E-state index in [1.54, 1.807) is 0 Å². The maximum absolute atomic E-state index is 13.5. The van der Waals surface area contributed by atoms with Gasteiger partial charge in [0.15, 0.2) is 0 Å². The van der Waals surface area contributed by atoms with Gasteiger partial charge >= 0.3 is 0 Å². The molecular weight excluding hydrogens is 157 g/mol. The van der Waals surface area contributed by atoms with Crippen LogP contribution < -0.4 is 5.73 Å². The van der Waals surface area contributed by atoms with Crippen LogP contribution in [0.15, 0.2) is 0 Å². The van der Waals surface area contributed by atoms with Gasteiger partial charge in [-0.2, -0.15) is 0 Å². The van der Waals surface area contributed by atoms with Crippen molar-refractivity contribution in [1.82, 2.24) is 0 Å². The molecule has 2 nitrogen and oxygen atoms in total. The largest absolute Gasteiger partial charge is 0.381 e. The normalized spacial score (nSPS) is 29.8. The number of ether oxygens (including phenoxy) is 1. The summed E-state index contributed by atoms with van der Waals surface area (Å²) in [5.74, 6) is 0.0500. The number of hydrogen-bond donors (Lipinski definition) is 1. The summed E-state index contributed by atoms with van der Waals surface area (Å²) >= 11 is 0. The Bertz CT molecular complexity index is 126. The monoisotopic (exact) mass is 175 g/mol. The Morgan fingerprint density at radius 1 is 1.67 bits per heavy atom. The van der Waals surface area contributed by atoms with E-state index in [1.807, 2.05) is 6.92 Å². The molecule has 2 N–H and O–H groups in total. The predicted octanol–water partition coefficient (Wildman–Crippen LogP) is 1.35. The molecule has 72 valence electrons. The van der Waals surface area contributed by atoms with Crippen molar-refractivity contribution < 1.29 is 9.13 Å². The van der Waals surface area contributed by atoms with Crippen LogP contribution in [0.2, 0.25) is 0 Å². The van der Waals surface area contributed by atoms with Gasteiger partial charge in [-0.15, -0.1) is 0 Å².